The molecule has 2 unspecified atom stereocenters. The molecule has 0 radical (unpaired) electrons. The van der Waals surface area contributed by atoms with Gasteiger partial charge in [-0.15, -0.1) is 12.4 Å². The Balaban J connectivity index is 0.00000242. The molecule has 1 saturated heterocycles. The van der Waals surface area contributed by atoms with Gasteiger partial charge in [-0.25, -0.2) is 0 Å². The zero-order valence-electron chi connectivity index (χ0n) is 13.4. The van der Waals surface area contributed by atoms with Crippen LogP contribution < -0.4 is 11.1 Å². The molecule has 22 heavy (non-hydrogen) atoms. The number of hydrogen-bond acceptors (Lipinski definition) is 4. The van der Waals surface area contributed by atoms with Gasteiger partial charge in [-0.05, 0) is 31.6 Å². The zero-order chi connectivity index (χ0) is 14.9. The molecular weight excluding hydrogens is 304 g/mol. The van der Waals surface area contributed by atoms with Gasteiger partial charge >= 0.3 is 0 Å². The smallest absolute Gasteiger partial charge is 0.222 e. The van der Waals surface area contributed by atoms with E-state index in [1.165, 1.54) is 32.1 Å². The molecule has 1 aliphatic carbocycles. The maximum absolute atomic E-state index is 12.0. The number of hydrogen-bond donors (Lipinski definition) is 2. The second-order valence-corrected chi connectivity index (χ2v) is 6.27. The Hall–Kier alpha value is -0.360. The summed E-state index contributed by atoms with van der Waals surface area (Å²) in [6, 6.07) is 0.135. The fraction of sp³-hybridized carbons (Fsp3) is 0.938. The maximum Gasteiger partial charge on any atom is 0.222 e. The van der Waals surface area contributed by atoms with Crippen LogP contribution in [0.15, 0.2) is 0 Å². The van der Waals surface area contributed by atoms with Crippen LogP contribution >= 0.6 is 12.4 Å². The van der Waals surface area contributed by atoms with Crippen LogP contribution in [0, 0.1) is 5.92 Å². The molecule has 0 spiro atoms. The molecule has 0 aromatic carbocycles. The minimum atomic E-state index is 0. The Bertz CT molecular complexity index is 306. The average Bonchev–Trinajstić information content (AvgIpc) is 3.03. The van der Waals surface area contributed by atoms with Crippen LogP contribution in [0.5, 0.6) is 0 Å². The Kier molecular flexibility index (Phi) is 10.0. The van der Waals surface area contributed by atoms with E-state index in [2.05, 4.69) is 5.32 Å². The minimum absolute atomic E-state index is 0. The van der Waals surface area contributed by atoms with E-state index < -0.39 is 0 Å². The van der Waals surface area contributed by atoms with Crippen LogP contribution in [0.1, 0.15) is 51.4 Å². The molecule has 0 aromatic rings. The molecule has 2 atom stereocenters. The van der Waals surface area contributed by atoms with E-state index in [9.17, 15) is 4.79 Å². The maximum atomic E-state index is 12.0. The molecule has 1 heterocycles. The van der Waals surface area contributed by atoms with E-state index in [4.69, 9.17) is 15.2 Å². The van der Waals surface area contributed by atoms with Gasteiger partial charge in [0.2, 0.25) is 5.91 Å². The van der Waals surface area contributed by atoms with Crippen LogP contribution in [-0.2, 0) is 14.3 Å². The highest BCUT2D eigenvalue weighted by Crippen LogP contribution is 2.26. The SMILES string of the molecule is Cl.NCC(NC(=O)CCOCC1CCCO1)C1CCCCC1. The first kappa shape index (κ1) is 19.7. The molecule has 6 heteroatoms. The normalized spacial score (nSPS) is 23.8. The number of carbonyl (C=O) groups excluding carboxylic acids is 1. The molecule has 1 amide bonds. The highest BCUT2D eigenvalue weighted by atomic mass is 35.5. The predicted molar refractivity (Wildman–Crippen MR) is 89.2 cm³/mol. The molecule has 5 nitrogen and oxygen atoms in total. The van der Waals surface area contributed by atoms with Crippen molar-refractivity contribution >= 4 is 18.3 Å². The van der Waals surface area contributed by atoms with E-state index in [-0.39, 0.29) is 30.5 Å². The lowest BCUT2D eigenvalue weighted by atomic mass is 9.84. The van der Waals surface area contributed by atoms with Gasteiger partial charge in [0.05, 0.1) is 19.3 Å². The van der Waals surface area contributed by atoms with Gasteiger partial charge in [0.25, 0.3) is 0 Å². The highest BCUT2D eigenvalue weighted by molar-refractivity contribution is 5.85. The molecule has 1 saturated carbocycles. The van der Waals surface area contributed by atoms with Crippen LogP contribution in [0.3, 0.4) is 0 Å². The van der Waals surface area contributed by atoms with E-state index in [0.29, 0.717) is 32.1 Å². The predicted octanol–water partition coefficient (Wildman–Crippen LogP) is 2.02. The molecular formula is C16H31ClN2O3. The van der Waals surface area contributed by atoms with Crippen molar-refractivity contribution in [2.24, 2.45) is 11.7 Å². The van der Waals surface area contributed by atoms with Crippen LogP contribution in [-0.4, -0.2) is 44.4 Å². The average molecular weight is 335 g/mol. The van der Waals surface area contributed by atoms with Crippen LogP contribution in [0.4, 0.5) is 0 Å². The second-order valence-electron chi connectivity index (χ2n) is 6.27. The van der Waals surface area contributed by atoms with Gasteiger partial charge in [0.15, 0.2) is 0 Å². The Labute approximate surface area is 140 Å². The number of rotatable bonds is 8. The first-order chi connectivity index (χ1) is 10.3. The lowest BCUT2D eigenvalue weighted by Gasteiger charge is -2.30. The Morgan fingerprint density at radius 1 is 1.23 bits per heavy atom. The van der Waals surface area contributed by atoms with Gasteiger partial charge < -0.3 is 20.5 Å². The summed E-state index contributed by atoms with van der Waals surface area (Å²) in [5.41, 5.74) is 5.83. The second kappa shape index (κ2) is 11.2. The van der Waals surface area contributed by atoms with Crippen molar-refractivity contribution in [2.45, 2.75) is 63.5 Å². The quantitative estimate of drug-likeness (QED) is 0.666. The highest BCUT2D eigenvalue weighted by Gasteiger charge is 2.23. The van der Waals surface area contributed by atoms with Crippen molar-refractivity contribution in [2.75, 3.05) is 26.4 Å². The van der Waals surface area contributed by atoms with E-state index in [1.807, 2.05) is 0 Å². The molecule has 130 valence electrons. The largest absolute Gasteiger partial charge is 0.378 e. The van der Waals surface area contributed by atoms with Gasteiger partial charge in [-0.2, -0.15) is 0 Å². The Morgan fingerprint density at radius 2 is 2.00 bits per heavy atom. The van der Waals surface area contributed by atoms with Gasteiger partial charge in [0.1, 0.15) is 0 Å². The van der Waals surface area contributed by atoms with E-state index >= 15 is 0 Å². The summed E-state index contributed by atoms with van der Waals surface area (Å²) >= 11 is 0. The lowest BCUT2D eigenvalue weighted by Crippen LogP contribution is -2.46. The fourth-order valence-corrected chi connectivity index (χ4v) is 3.34. The topological polar surface area (TPSA) is 73.6 Å². The summed E-state index contributed by atoms with van der Waals surface area (Å²) in [6.07, 6.45) is 9.07. The van der Waals surface area contributed by atoms with Crippen LogP contribution in [0.25, 0.3) is 0 Å². The molecule has 0 aromatic heterocycles. The summed E-state index contributed by atoms with van der Waals surface area (Å²) in [6.45, 7) is 2.45. The third-order valence-corrected chi connectivity index (χ3v) is 4.62. The Morgan fingerprint density at radius 3 is 2.64 bits per heavy atom. The van der Waals surface area contributed by atoms with E-state index in [1.54, 1.807) is 0 Å². The third kappa shape index (κ3) is 6.82. The number of nitrogens with two attached hydrogens (primary N) is 1. The summed E-state index contributed by atoms with van der Waals surface area (Å²) < 4.78 is 11.0. The summed E-state index contributed by atoms with van der Waals surface area (Å²) in [5.74, 6) is 0.615. The van der Waals surface area contributed by atoms with Gasteiger partial charge in [-0.1, -0.05) is 19.3 Å². The lowest BCUT2D eigenvalue weighted by molar-refractivity contribution is -0.123. The summed E-state index contributed by atoms with van der Waals surface area (Å²) in [7, 11) is 0. The summed E-state index contributed by atoms with van der Waals surface area (Å²) in [4.78, 5) is 12.0. The van der Waals surface area contributed by atoms with Crippen molar-refractivity contribution in [3.63, 3.8) is 0 Å². The summed E-state index contributed by atoms with van der Waals surface area (Å²) in [5, 5.41) is 3.09. The number of nitrogens with one attached hydrogen (secondary N) is 1. The third-order valence-electron chi connectivity index (χ3n) is 4.62. The van der Waals surface area contributed by atoms with Crippen molar-refractivity contribution < 1.29 is 14.3 Å². The standard InChI is InChI=1S/C16H30N2O3.ClH/c17-11-15(13-5-2-1-3-6-13)18-16(19)8-10-20-12-14-7-4-9-21-14;/h13-15H,1-12,17H2,(H,18,19);1H. The number of ether oxygens (including phenoxy) is 2. The van der Waals surface area contributed by atoms with Crippen molar-refractivity contribution in [3.8, 4) is 0 Å². The molecule has 2 fully saturated rings. The number of halogens is 1. The van der Waals surface area contributed by atoms with Crippen LogP contribution in [0.2, 0.25) is 0 Å². The van der Waals surface area contributed by atoms with Gasteiger partial charge in [0, 0.05) is 25.6 Å². The van der Waals surface area contributed by atoms with Crippen molar-refractivity contribution in [3.05, 3.63) is 0 Å². The first-order valence-corrected chi connectivity index (χ1v) is 8.48. The van der Waals surface area contributed by atoms with E-state index in [0.717, 1.165) is 19.4 Å². The first-order valence-electron chi connectivity index (χ1n) is 8.48. The molecule has 3 N–H and O–H groups in total. The monoisotopic (exact) mass is 334 g/mol. The van der Waals surface area contributed by atoms with Crippen molar-refractivity contribution in [1.29, 1.82) is 0 Å². The number of amides is 1. The fourth-order valence-electron chi connectivity index (χ4n) is 3.34. The number of carbonyl (C=O) groups is 1. The molecule has 2 rings (SSSR count). The minimum Gasteiger partial charge on any atom is -0.378 e. The zero-order valence-corrected chi connectivity index (χ0v) is 14.2. The van der Waals surface area contributed by atoms with Crippen molar-refractivity contribution in [1.82, 2.24) is 5.32 Å². The molecule has 2 aliphatic rings. The molecule has 0 bridgehead atoms. The van der Waals surface area contributed by atoms with Gasteiger partial charge in [-0.3, -0.25) is 4.79 Å². The molecule has 1 aliphatic heterocycles.